The first-order valence-corrected chi connectivity index (χ1v) is 7.05. The van der Waals surface area contributed by atoms with Crippen LogP contribution in [0, 0.1) is 0 Å². The molecular weight excluding hydrogens is 224 g/mol. The van der Waals surface area contributed by atoms with Crippen molar-refractivity contribution in [1.82, 2.24) is 0 Å². The van der Waals surface area contributed by atoms with E-state index in [-0.39, 0.29) is 11.5 Å². The molecule has 0 N–H and O–H groups in total. The Labute approximate surface area is 95.4 Å². The first-order valence-electron chi connectivity index (χ1n) is 5.33. The van der Waals surface area contributed by atoms with Crippen LogP contribution in [0.15, 0.2) is 18.2 Å². The van der Waals surface area contributed by atoms with E-state index in [0.29, 0.717) is 11.1 Å². The van der Waals surface area contributed by atoms with Crippen molar-refractivity contribution in [2.75, 3.05) is 0 Å². The van der Waals surface area contributed by atoms with Crippen molar-refractivity contribution in [1.29, 1.82) is 0 Å². The summed E-state index contributed by atoms with van der Waals surface area (Å²) in [5.41, 5.74) is 2.29. The molecule has 0 saturated carbocycles. The summed E-state index contributed by atoms with van der Waals surface area (Å²) in [6.07, 6.45) is 0.849. The van der Waals surface area contributed by atoms with E-state index in [1.165, 1.54) is 6.92 Å². The lowest BCUT2D eigenvalue weighted by Crippen LogP contribution is -2.34. The second kappa shape index (κ2) is 3.70. The molecule has 1 unspecified atom stereocenters. The van der Waals surface area contributed by atoms with Gasteiger partial charge in [-0.2, -0.15) is 0 Å². The number of carbonyl (C=O) groups excluding carboxylic acids is 1. The molecule has 0 fully saturated rings. The molecule has 86 valence electrons. The van der Waals surface area contributed by atoms with Gasteiger partial charge in [-0.3, -0.25) is 4.79 Å². The van der Waals surface area contributed by atoms with Gasteiger partial charge >= 0.3 is 0 Å². The van der Waals surface area contributed by atoms with Gasteiger partial charge in [0.15, 0.2) is 15.6 Å². The lowest BCUT2D eigenvalue weighted by Gasteiger charge is -2.21. The average molecular weight is 238 g/mol. The molecule has 1 aliphatic rings. The molecule has 1 aliphatic heterocycles. The van der Waals surface area contributed by atoms with Crippen LogP contribution in [0.25, 0.3) is 0 Å². The third kappa shape index (κ3) is 1.67. The fourth-order valence-corrected chi connectivity index (χ4v) is 3.31. The van der Waals surface area contributed by atoms with Crippen LogP contribution >= 0.6 is 0 Å². The maximum Gasteiger partial charge on any atom is 0.181 e. The number of ketones is 1. The van der Waals surface area contributed by atoms with Crippen LogP contribution in [-0.2, 0) is 22.0 Å². The number of Topliss-reactive ketones (excluding diaryl/α,β-unsaturated/α-hetero) is 1. The Hall–Kier alpha value is -1.16. The standard InChI is InChI=1S/C12H14O3S/c1-3-9-4-5-10-7-16(14,15)8(2)12(13)11(10)6-9/h4-6,8H,3,7H2,1-2H3. The summed E-state index contributed by atoms with van der Waals surface area (Å²) in [5.74, 6) is -0.282. The maximum absolute atomic E-state index is 11.9. The first-order chi connectivity index (χ1) is 7.45. The summed E-state index contributed by atoms with van der Waals surface area (Å²) in [6.45, 7) is 3.48. The van der Waals surface area contributed by atoms with E-state index < -0.39 is 15.1 Å². The van der Waals surface area contributed by atoms with E-state index in [4.69, 9.17) is 0 Å². The first kappa shape index (κ1) is 11.3. The smallest absolute Gasteiger partial charge is 0.181 e. The molecule has 1 aromatic carbocycles. The molecule has 0 aliphatic carbocycles. The molecule has 0 saturated heterocycles. The summed E-state index contributed by atoms with van der Waals surface area (Å²) in [4.78, 5) is 11.9. The summed E-state index contributed by atoms with van der Waals surface area (Å²) in [6, 6.07) is 5.47. The zero-order valence-corrected chi connectivity index (χ0v) is 10.2. The fourth-order valence-electron chi connectivity index (χ4n) is 1.92. The van der Waals surface area contributed by atoms with Crippen LogP contribution in [-0.4, -0.2) is 19.5 Å². The van der Waals surface area contributed by atoms with Gasteiger partial charge in [-0.15, -0.1) is 0 Å². The van der Waals surface area contributed by atoms with Crippen LogP contribution in [0.5, 0.6) is 0 Å². The Morgan fingerprint density at radius 3 is 2.69 bits per heavy atom. The van der Waals surface area contributed by atoms with Crippen molar-refractivity contribution in [3.05, 3.63) is 34.9 Å². The summed E-state index contributed by atoms with van der Waals surface area (Å²) in [7, 11) is -3.29. The highest BCUT2D eigenvalue weighted by Crippen LogP contribution is 2.26. The quantitative estimate of drug-likeness (QED) is 0.749. The molecule has 1 atom stereocenters. The third-order valence-electron chi connectivity index (χ3n) is 3.11. The van der Waals surface area contributed by atoms with Crippen molar-refractivity contribution in [2.24, 2.45) is 0 Å². The molecule has 0 spiro atoms. The predicted octanol–water partition coefficient (Wildman–Crippen LogP) is 1.75. The van der Waals surface area contributed by atoms with E-state index in [1.54, 1.807) is 6.07 Å². The summed E-state index contributed by atoms with van der Waals surface area (Å²) in [5, 5.41) is -0.896. The minimum Gasteiger partial charge on any atom is -0.293 e. The number of aryl methyl sites for hydroxylation is 1. The monoisotopic (exact) mass is 238 g/mol. The number of hydrogen-bond acceptors (Lipinski definition) is 3. The van der Waals surface area contributed by atoms with Gasteiger partial charge in [-0.25, -0.2) is 8.42 Å². The second-order valence-electron chi connectivity index (χ2n) is 4.16. The van der Waals surface area contributed by atoms with Crippen molar-refractivity contribution in [2.45, 2.75) is 31.3 Å². The summed E-state index contributed by atoms with van der Waals surface area (Å²) >= 11 is 0. The Morgan fingerprint density at radius 1 is 1.38 bits per heavy atom. The molecule has 1 heterocycles. The highest BCUT2D eigenvalue weighted by Gasteiger charge is 2.35. The van der Waals surface area contributed by atoms with Crippen molar-refractivity contribution < 1.29 is 13.2 Å². The number of fused-ring (bicyclic) bond motifs is 1. The molecular formula is C12H14O3S. The van der Waals surface area contributed by atoms with Crippen molar-refractivity contribution in [3.63, 3.8) is 0 Å². The van der Waals surface area contributed by atoms with E-state index in [1.807, 2.05) is 19.1 Å². The molecule has 3 nitrogen and oxygen atoms in total. The van der Waals surface area contributed by atoms with Gasteiger partial charge in [0.1, 0.15) is 5.25 Å². The molecule has 0 aromatic heterocycles. The van der Waals surface area contributed by atoms with Crippen LogP contribution in [0.1, 0.15) is 35.3 Å². The zero-order chi connectivity index (χ0) is 11.9. The van der Waals surface area contributed by atoms with Crippen LogP contribution < -0.4 is 0 Å². The zero-order valence-electron chi connectivity index (χ0n) is 9.36. The molecule has 0 amide bonds. The predicted molar refractivity (Wildman–Crippen MR) is 62.2 cm³/mol. The Bertz CT molecular complexity index is 543. The van der Waals surface area contributed by atoms with Crippen LogP contribution in [0.4, 0.5) is 0 Å². The Morgan fingerprint density at radius 2 is 2.06 bits per heavy atom. The minimum absolute atomic E-state index is 0.0146. The Kier molecular flexibility index (Phi) is 2.62. The minimum atomic E-state index is -3.29. The lowest BCUT2D eigenvalue weighted by molar-refractivity contribution is 0.0988. The molecule has 0 radical (unpaired) electrons. The molecule has 1 aromatic rings. The molecule has 0 bridgehead atoms. The van der Waals surface area contributed by atoms with Gasteiger partial charge in [-0.05, 0) is 30.5 Å². The maximum atomic E-state index is 11.9. The Balaban J connectivity index is 2.60. The third-order valence-corrected chi connectivity index (χ3v) is 5.12. The number of benzene rings is 1. The number of rotatable bonds is 1. The molecule has 4 heteroatoms. The molecule has 2 rings (SSSR count). The largest absolute Gasteiger partial charge is 0.293 e. The van der Waals surface area contributed by atoms with E-state index in [9.17, 15) is 13.2 Å². The lowest BCUT2D eigenvalue weighted by atomic mass is 9.98. The van der Waals surface area contributed by atoms with Gasteiger partial charge in [0.05, 0.1) is 5.75 Å². The van der Waals surface area contributed by atoms with Crippen molar-refractivity contribution >= 4 is 15.6 Å². The van der Waals surface area contributed by atoms with Crippen LogP contribution in [0.2, 0.25) is 0 Å². The van der Waals surface area contributed by atoms with E-state index in [0.717, 1.165) is 12.0 Å². The van der Waals surface area contributed by atoms with Gasteiger partial charge in [0.2, 0.25) is 0 Å². The SMILES string of the molecule is CCc1ccc2c(c1)C(=O)C(C)S(=O)(=O)C2. The highest BCUT2D eigenvalue weighted by molar-refractivity contribution is 7.92. The fraction of sp³-hybridized carbons (Fsp3) is 0.417. The van der Waals surface area contributed by atoms with Gasteiger partial charge in [0, 0.05) is 5.56 Å². The molecule has 16 heavy (non-hydrogen) atoms. The van der Waals surface area contributed by atoms with E-state index in [2.05, 4.69) is 0 Å². The van der Waals surface area contributed by atoms with E-state index >= 15 is 0 Å². The summed E-state index contributed by atoms with van der Waals surface area (Å²) < 4.78 is 23.4. The topological polar surface area (TPSA) is 51.2 Å². The average Bonchev–Trinajstić information content (AvgIpc) is 2.25. The van der Waals surface area contributed by atoms with Gasteiger partial charge in [-0.1, -0.05) is 19.1 Å². The number of hydrogen-bond donors (Lipinski definition) is 0. The number of carbonyl (C=O) groups is 1. The van der Waals surface area contributed by atoms with Crippen molar-refractivity contribution in [3.8, 4) is 0 Å². The van der Waals surface area contributed by atoms with Gasteiger partial charge < -0.3 is 0 Å². The number of sulfone groups is 1. The highest BCUT2D eigenvalue weighted by atomic mass is 32.2. The normalized spacial score (nSPS) is 22.9. The van der Waals surface area contributed by atoms with Gasteiger partial charge in [0.25, 0.3) is 0 Å². The second-order valence-corrected chi connectivity index (χ2v) is 6.48. The van der Waals surface area contributed by atoms with Crippen LogP contribution in [0.3, 0.4) is 0 Å².